The molecule has 0 radical (unpaired) electrons. The van der Waals surface area contributed by atoms with Gasteiger partial charge in [-0.3, -0.25) is 14.5 Å². The molecule has 6 heteroatoms. The first-order valence-corrected chi connectivity index (χ1v) is 8.51. The van der Waals surface area contributed by atoms with Gasteiger partial charge in [0.25, 0.3) is 5.91 Å². The maximum Gasteiger partial charge on any atom is 0.283 e. The number of ether oxygens (including phenoxy) is 1. The van der Waals surface area contributed by atoms with Crippen molar-refractivity contribution >= 4 is 23.2 Å². The number of benzene rings is 1. The molecule has 2 heterocycles. The molecule has 6 nitrogen and oxygen atoms in total. The highest BCUT2D eigenvalue weighted by Crippen LogP contribution is 2.36. The van der Waals surface area contributed by atoms with Crippen LogP contribution in [0, 0.1) is 0 Å². The van der Waals surface area contributed by atoms with E-state index in [1.54, 1.807) is 18.7 Å². The van der Waals surface area contributed by atoms with E-state index >= 15 is 0 Å². The zero-order valence-corrected chi connectivity index (χ0v) is 14.8. The number of fused-ring (bicyclic) bond motifs is 1. The molecule has 2 atom stereocenters. The van der Waals surface area contributed by atoms with Gasteiger partial charge in [0.2, 0.25) is 5.91 Å². The summed E-state index contributed by atoms with van der Waals surface area (Å²) >= 11 is 0. The van der Waals surface area contributed by atoms with E-state index in [2.05, 4.69) is 5.32 Å². The van der Waals surface area contributed by atoms with Crippen LogP contribution in [0.5, 0.6) is 0 Å². The van der Waals surface area contributed by atoms with Crippen molar-refractivity contribution in [3.05, 3.63) is 24.3 Å². The molecule has 0 aliphatic carbocycles. The van der Waals surface area contributed by atoms with E-state index < -0.39 is 5.54 Å². The Morgan fingerprint density at radius 2 is 1.92 bits per heavy atom. The summed E-state index contributed by atoms with van der Waals surface area (Å²) in [5, 5.41) is 2.89. The van der Waals surface area contributed by atoms with Gasteiger partial charge >= 0.3 is 0 Å². The smallest absolute Gasteiger partial charge is 0.283 e. The van der Waals surface area contributed by atoms with Gasteiger partial charge in [-0.25, -0.2) is 0 Å². The lowest BCUT2D eigenvalue weighted by Crippen LogP contribution is -3.16. The molecular weight excluding hydrogens is 306 g/mol. The summed E-state index contributed by atoms with van der Waals surface area (Å²) in [5.74, 6) is -0.188. The molecule has 0 aromatic heterocycles. The Morgan fingerprint density at radius 3 is 2.58 bits per heavy atom. The lowest BCUT2D eigenvalue weighted by molar-refractivity contribution is -0.907. The number of nitrogens with one attached hydrogen (secondary N) is 2. The van der Waals surface area contributed by atoms with Gasteiger partial charge < -0.3 is 15.0 Å². The van der Waals surface area contributed by atoms with Crippen LogP contribution in [0.3, 0.4) is 0 Å². The van der Waals surface area contributed by atoms with Crippen molar-refractivity contribution in [2.24, 2.45) is 0 Å². The van der Waals surface area contributed by atoms with Gasteiger partial charge in [-0.15, -0.1) is 0 Å². The third kappa shape index (κ3) is 3.03. The molecule has 1 saturated heterocycles. The standard InChI is InChI=1S/C18H25N3O3/c1-12-9-20(10-13(2)24-12)11-16(22)21-15-8-6-5-7-14(15)19-17(23)18(21,3)4/h5-8,12-13H,9-11H2,1-4H3,(H,19,23)/p+1/t12-,13-/m0/s1. The summed E-state index contributed by atoms with van der Waals surface area (Å²) in [6, 6.07) is 7.46. The van der Waals surface area contributed by atoms with Gasteiger partial charge in [-0.1, -0.05) is 12.1 Å². The van der Waals surface area contributed by atoms with Crippen molar-refractivity contribution < 1.29 is 19.2 Å². The number of hydrogen-bond acceptors (Lipinski definition) is 3. The predicted octanol–water partition coefficient (Wildman–Crippen LogP) is 0.442. The minimum atomic E-state index is -0.908. The van der Waals surface area contributed by atoms with Crippen LogP contribution in [-0.2, 0) is 14.3 Å². The normalized spacial score (nSPS) is 28.9. The maximum atomic E-state index is 13.1. The first kappa shape index (κ1) is 16.9. The van der Waals surface area contributed by atoms with E-state index in [9.17, 15) is 9.59 Å². The molecule has 2 N–H and O–H groups in total. The number of anilines is 2. The summed E-state index contributed by atoms with van der Waals surface area (Å²) in [6.45, 7) is 9.62. The molecule has 130 valence electrons. The van der Waals surface area contributed by atoms with Crippen molar-refractivity contribution in [2.75, 3.05) is 29.9 Å². The number of rotatable bonds is 2. The molecule has 24 heavy (non-hydrogen) atoms. The average Bonchev–Trinajstić information content (AvgIpc) is 2.46. The molecule has 0 spiro atoms. The van der Waals surface area contributed by atoms with Crippen molar-refractivity contribution in [2.45, 2.75) is 45.4 Å². The highest BCUT2D eigenvalue weighted by molar-refractivity contribution is 6.14. The van der Waals surface area contributed by atoms with Crippen LogP contribution in [0.15, 0.2) is 24.3 Å². The first-order valence-electron chi connectivity index (χ1n) is 8.51. The summed E-state index contributed by atoms with van der Waals surface area (Å²) < 4.78 is 5.75. The number of para-hydroxylation sites is 2. The Hall–Kier alpha value is -1.92. The van der Waals surface area contributed by atoms with Gasteiger partial charge in [-0.2, -0.15) is 0 Å². The Morgan fingerprint density at radius 1 is 1.29 bits per heavy atom. The fraction of sp³-hybridized carbons (Fsp3) is 0.556. The second-order valence-corrected chi connectivity index (χ2v) is 7.35. The molecule has 1 aromatic carbocycles. The number of hydrogen-bond donors (Lipinski definition) is 2. The molecule has 2 amide bonds. The number of carbonyl (C=O) groups excluding carboxylic acids is 2. The minimum absolute atomic E-state index is 0.0291. The van der Waals surface area contributed by atoms with Gasteiger partial charge in [-0.05, 0) is 39.8 Å². The molecular formula is C18H26N3O3+. The van der Waals surface area contributed by atoms with Crippen LogP contribution < -0.4 is 15.1 Å². The van der Waals surface area contributed by atoms with Crippen LogP contribution in [0.2, 0.25) is 0 Å². The minimum Gasteiger partial charge on any atom is -0.364 e. The fourth-order valence-electron chi connectivity index (χ4n) is 3.72. The molecule has 2 aliphatic heterocycles. The Bertz CT molecular complexity index is 649. The van der Waals surface area contributed by atoms with Gasteiger partial charge in [0.1, 0.15) is 30.8 Å². The van der Waals surface area contributed by atoms with Gasteiger partial charge in [0.15, 0.2) is 6.54 Å². The lowest BCUT2D eigenvalue weighted by Gasteiger charge is -2.42. The molecule has 1 fully saturated rings. The highest BCUT2D eigenvalue weighted by Gasteiger charge is 2.44. The van der Waals surface area contributed by atoms with Crippen molar-refractivity contribution in [1.82, 2.24) is 0 Å². The quantitative estimate of drug-likeness (QED) is 0.826. The van der Waals surface area contributed by atoms with Crippen LogP contribution in [0.4, 0.5) is 11.4 Å². The Balaban J connectivity index is 1.86. The fourth-order valence-corrected chi connectivity index (χ4v) is 3.72. The van der Waals surface area contributed by atoms with Crippen molar-refractivity contribution in [1.29, 1.82) is 0 Å². The Labute approximate surface area is 142 Å². The van der Waals surface area contributed by atoms with E-state index in [1.807, 2.05) is 38.1 Å². The predicted molar refractivity (Wildman–Crippen MR) is 92.2 cm³/mol. The van der Waals surface area contributed by atoms with Gasteiger partial charge in [0.05, 0.1) is 11.4 Å². The summed E-state index contributed by atoms with van der Waals surface area (Å²) in [4.78, 5) is 28.4. The zero-order valence-electron chi connectivity index (χ0n) is 14.8. The molecule has 0 bridgehead atoms. The van der Waals surface area contributed by atoms with Gasteiger partial charge in [0, 0.05) is 0 Å². The van der Waals surface area contributed by atoms with Crippen LogP contribution in [-0.4, -0.2) is 49.2 Å². The zero-order chi connectivity index (χ0) is 17.5. The number of carbonyl (C=O) groups is 2. The van der Waals surface area contributed by atoms with Crippen LogP contribution in [0.25, 0.3) is 0 Å². The topological polar surface area (TPSA) is 63.1 Å². The van der Waals surface area contributed by atoms with E-state index in [0.717, 1.165) is 18.8 Å². The number of quaternary nitrogens is 1. The largest absolute Gasteiger partial charge is 0.364 e. The molecule has 2 aliphatic rings. The maximum absolute atomic E-state index is 13.1. The van der Waals surface area contributed by atoms with Crippen molar-refractivity contribution in [3.63, 3.8) is 0 Å². The number of nitrogens with zero attached hydrogens (tertiary/aromatic N) is 1. The second kappa shape index (κ2) is 6.18. The van der Waals surface area contributed by atoms with E-state index in [-0.39, 0.29) is 24.0 Å². The molecule has 0 saturated carbocycles. The molecule has 0 unspecified atom stereocenters. The monoisotopic (exact) mass is 332 g/mol. The molecule has 1 aromatic rings. The van der Waals surface area contributed by atoms with Crippen LogP contribution in [0.1, 0.15) is 27.7 Å². The van der Waals surface area contributed by atoms with Crippen LogP contribution >= 0.6 is 0 Å². The van der Waals surface area contributed by atoms with E-state index in [1.165, 1.54) is 4.90 Å². The van der Waals surface area contributed by atoms with E-state index in [0.29, 0.717) is 12.2 Å². The number of amides is 2. The summed E-state index contributed by atoms with van der Waals surface area (Å²) in [5.41, 5.74) is 0.545. The van der Waals surface area contributed by atoms with E-state index in [4.69, 9.17) is 4.74 Å². The summed E-state index contributed by atoms with van der Waals surface area (Å²) in [7, 11) is 0. The molecule has 3 rings (SSSR count). The third-order valence-corrected chi connectivity index (χ3v) is 4.78. The number of morpholine rings is 1. The summed E-state index contributed by atoms with van der Waals surface area (Å²) in [6.07, 6.45) is 0.281. The SMILES string of the molecule is C[C@H]1C[NH+](CC(=O)N2c3ccccc3NC(=O)C2(C)C)C[C@H](C)O1. The Kier molecular flexibility index (Phi) is 4.36. The third-order valence-electron chi connectivity index (χ3n) is 4.78. The lowest BCUT2D eigenvalue weighted by atomic mass is 9.96. The average molecular weight is 332 g/mol. The first-order chi connectivity index (χ1) is 11.3. The van der Waals surface area contributed by atoms with Crippen molar-refractivity contribution in [3.8, 4) is 0 Å². The second-order valence-electron chi connectivity index (χ2n) is 7.35. The highest BCUT2D eigenvalue weighted by atomic mass is 16.5.